The molecule has 0 atom stereocenters. The van der Waals surface area contributed by atoms with Gasteiger partial charge in [-0.05, 0) is 107 Å². The number of aryl methyl sites for hydroxylation is 2. The van der Waals surface area contributed by atoms with Crippen LogP contribution in [-0.2, 0) is 20.7 Å². The smallest absolute Gasteiger partial charge is 0.333 e. The van der Waals surface area contributed by atoms with Crippen molar-refractivity contribution in [3.8, 4) is 5.75 Å². The maximum atomic E-state index is 12.9. The van der Waals surface area contributed by atoms with E-state index in [1.165, 1.54) is 56.9 Å². The number of benzene rings is 1. The molecule has 0 aromatic heterocycles. The summed E-state index contributed by atoms with van der Waals surface area (Å²) >= 11 is 0. The lowest BCUT2D eigenvalue weighted by Crippen LogP contribution is -2.30. The van der Waals surface area contributed by atoms with E-state index in [-0.39, 0.29) is 17.9 Å². The molecule has 2 saturated carbocycles. The third-order valence-corrected chi connectivity index (χ3v) is 8.75. The summed E-state index contributed by atoms with van der Waals surface area (Å²) in [5.41, 5.74) is 2.77. The lowest BCUT2D eigenvalue weighted by molar-refractivity contribution is -0.141. The second-order valence-corrected chi connectivity index (χ2v) is 11.8. The Labute approximate surface area is 225 Å². The van der Waals surface area contributed by atoms with Gasteiger partial charge in [0, 0.05) is 5.57 Å². The van der Waals surface area contributed by atoms with Gasteiger partial charge in [-0.2, -0.15) is 0 Å². The van der Waals surface area contributed by atoms with Crippen LogP contribution in [0.25, 0.3) is 0 Å². The first-order valence-electron chi connectivity index (χ1n) is 15.0. The fourth-order valence-electron chi connectivity index (χ4n) is 6.43. The molecule has 0 radical (unpaired) electrons. The molecule has 2 aliphatic carbocycles. The van der Waals surface area contributed by atoms with Gasteiger partial charge in [0.15, 0.2) is 0 Å². The number of carbonyl (C=O) groups is 2. The average molecular weight is 511 g/mol. The van der Waals surface area contributed by atoms with Crippen molar-refractivity contribution in [2.24, 2.45) is 23.7 Å². The Morgan fingerprint density at radius 2 is 1.57 bits per heavy atom. The molecule has 0 unspecified atom stereocenters. The lowest BCUT2D eigenvalue weighted by Gasteiger charge is -2.37. The van der Waals surface area contributed by atoms with E-state index in [9.17, 15) is 9.59 Å². The Kier molecular flexibility index (Phi) is 12.2. The molecule has 206 valence electrons. The minimum Gasteiger partial charge on any atom is -0.462 e. The van der Waals surface area contributed by atoms with Gasteiger partial charge in [0.2, 0.25) is 0 Å². The van der Waals surface area contributed by atoms with Crippen molar-refractivity contribution >= 4 is 11.9 Å². The number of carbonyl (C=O) groups excluding carboxylic acids is 2. The quantitative estimate of drug-likeness (QED) is 0.115. The van der Waals surface area contributed by atoms with Crippen LogP contribution in [0.4, 0.5) is 0 Å². The topological polar surface area (TPSA) is 52.6 Å². The Bertz CT molecular complexity index is 872. The number of esters is 2. The number of hydrogen-bond donors (Lipinski definition) is 0. The second-order valence-electron chi connectivity index (χ2n) is 11.8. The molecule has 0 aliphatic heterocycles. The van der Waals surface area contributed by atoms with Crippen molar-refractivity contribution in [1.29, 1.82) is 0 Å². The third-order valence-electron chi connectivity index (χ3n) is 8.75. The van der Waals surface area contributed by atoms with Gasteiger partial charge < -0.3 is 9.47 Å². The van der Waals surface area contributed by atoms with E-state index in [4.69, 9.17) is 9.47 Å². The lowest BCUT2D eigenvalue weighted by atomic mass is 9.69. The fraction of sp³-hybridized carbons (Fsp3) is 0.697. The molecule has 4 heteroatoms. The number of ether oxygens (including phenoxy) is 2. The second kappa shape index (κ2) is 15.3. The molecule has 1 aromatic carbocycles. The molecular formula is C33H50O4. The van der Waals surface area contributed by atoms with Crippen LogP contribution in [0.1, 0.15) is 115 Å². The van der Waals surface area contributed by atoms with Gasteiger partial charge >= 0.3 is 11.9 Å². The van der Waals surface area contributed by atoms with Crippen LogP contribution in [0.15, 0.2) is 30.4 Å². The van der Waals surface area contributed by atoms with Crippen LogP contribution in [0, 0.1) is 30.6 Å². The maximum Gasteiger partial charge on any atom is 0.333 e. The van der Waals surface area contributed by atoms with Crippen molar-refractivity contribution in [2.75, 3.05) is 6.61 Å². The van der Waals surface area contributed by atoms with Crippen molar-refractivity contribution in [2.45, 2.75) is 117 Å². The van der Waals surface area contributed by atoms with Crippen molar-refractivity contribution in [3.05, 3.63) is 41.5 Å². The molecule has 3 rings (SSSR count). The van der Waals surface area contributed by atoms with Gasteiger partial charge in [-0.1, -0.05) is 64.2 Å². The first-order valence-corrected chi connectivity index (χ1v) is 15.0. The van der Waals surface area contributed by atoms with Gasteiger partial charge in [0.1, 0.15) is 5.75 Å². The monoisotopic (exact) mass is 510 g/mol. The Balaban J connectivity index is 1.33. The highest BCUT2D eigenvalue weighted by Gasteiger charge is 2.33. The van der Waals surface area contributed by atoms with Crippen LogP contribution in [-0.4, -0.2) is 18.5 Å². The molecule has 0 spiro atoms. The van der Waals surface area contributed by atoms with E-state index in [1.54, 1.807) is 6.92 Å². The largest absolute Gasteiger partial charge is 0.462 e. The molecule has 4 nitrogen and oxygen atoms in total. The SMILES string of the molecule is C=C(C)C(=O)OCCCCCCc1ccc(OC(=O)C2CCC(C3CCC(CCC)CC3)CC2)c(C)c1. The highest BCUT2D eigenvalue weighted by Crippen LogP contribution is 2.42. The molecule has 2 fully saturated rings. The minimum absolute atomic E-state index is 0.0340. The van der Waals surface area contributed by atoms with Gasteiger partial charge in [0.05, 0.1) is 12.5 Å². The summed E-state index contributed by atoms with van der Waals surface area (Å²) in [6, 6.07) is 6.22. The Morgan fingerprint density at radius 1 is 0.919 bits per heavy atom. The van der Waals surface area contributed by atoms with Gasteiger partial charge in [-0.3, -0.25) is 4.79 Å². The summed E-state index contributed by atoms with van der Waals surface area (Å²) in [5, 5.41) is 0. The summed E-state index contributed by atoms with van der Waals surface area (Å²) in [6.07, 6.45) is 17.9. The highest BCUT2D eigenvalue weighted by molar-refractivity contribution is 5.86. The highest BCUT2D eigenvalue weighted by atomic mass is 16.5. The fourth-order valence-corrected chi connectivity index (χ4v) is 6.43. The third kappa shape index (κ3) is 9.61. The van der Waals surface area contributed by atoms with E-state index in [0.717, 1.165) is 68.3 Å². The Morgan fingerprint density at radius 3 is 2.19 bits per heavy atom. The van der Waals surface area contributed by atoms with Gasteiger partial charge in [-0.25, -0.2) is 4.79 Å². The van der Waals surface area contributed by atoms with Crippen molar-refractivity contribution in [3.63, 3.8) is 0 Å². The Hall–Kier alpha value is -2.10. The molecule has 1 aromatic rings. The van der Waals surface area contributed by atoms with Gasteiger partial charge in [-0.15, -0.1) is 0 Å². The molecule has 2 aliphatic rings. The minimum atomic E-state index is -0.302. The number of hydrogen-bond acceptors (Lipinski definition) is 4. The molecule has 0 amide bonds. The first kappa shape index (κ1) is 29.5. The average Bonchev–Trinajstić information content (AvgIpc) is 2.90. The maximum absolute atomic E-state index is 12.9. The van der Waals surface area contributed by atoms with E-state index < -0.39 is 0 Å². The van der Waals surface area contributed by atoms with Crippen molar-refractivity contribution < 1.29 is 19.1 Å². The molecular weight excluding hydrogens is 460 g/mol. The normalized spacial score (nSPS) is 23.9. The number of unbranched alkanes of at least 4 members (excludes halogenated alkanes) is 3. The summed E-state index contributed by atoms with van der Waals surface area (Å²) in [7, 11) is 0. The van der Waals surface area contributed by atoms with E-state index >= 15 is 0 Å². The molecule has 0 N–H and O–H groups in total. The van der Waals surface area contributed by atoms with E-state index in [2.05, 4.69) is 25.6 Å². The van der Waals surface area contributed by atoms with E-state index in [1.807, 2.05) is 13.0 Å². The zero-order valence-electron chi connectivity index (χ0n) is 23.7. The van der Waals surface area contributed by atoms with Gasteiger partial charge in [0.25, 0.3) is 0 Å². The standard InChI is InChI=1S/C33H50O4/c1-5-10-26-12-15-28(16-13-26)29-17-19-30(20-18-29)33(35)37-31-21-14-27(23-25(31)4)11-8-6-7-9-22-36-32(34)24(2)3/h14,21,23,26,28-30H,2,5-13,15-20,22H2,1,3-4H3. The van der Waals surface area contributed by atoms with E-state index in [0.29, 0.717) is 17.9 Å². The summed E-state index contributed by atoms with van der Waals surface area (Å²) in [6.45, 7) is 10.1. The van der Waals surface area contributed by atoms with Crippen LogP contribution in [0.2, 0.25) is 0 Å². The summed E-state index contributed by atoms with van der Waals surface area (Å²) in [5.74, 6) is 3.10. The van der Waals surface area contributed by atoms with Crippen LogP contribution < -0.4 is 4.74 Å². The first-order chi connectivity index (χ1) is 17.9. The molecule has 0 bridgehead atoms. The predicted molar refractivity (Wildman–Crippen MR) is 151 cm³/mol. The van der Waals surface area contributed by atoms with Crippen LogP contribution in [0.5, 0.6) is 5.75 Å². The molecule has 37 heavy (non-hydrogen) atoms. The van der Waals surface area contributed by atoms with Crippen LogP contribution in [0.3, 0.4) is 0 Å². The zero-order chi connectivity index (χ0) is 26.6. The van der Waals surface area contributed by atoms with Crippen LogP contribution >= 0.6 is 0 Å². The zero-order valence-corrected chi connectivity index (χ0v) is 23.7. The summed E-state index contributed by atoms with van der Waals surface area (Å²) in [4.78, 5) is 24.3. The van der Waals surface area contributed by atoms with Crippen molar-refractivity contribution in [1.82, 2.24) is 0 Å². The predicted octanol–water partition coefficient (Wildman–Crippen LogP) is 8.54. The molecule has 0 saturated heterocycles. The number of rotatable bonds is 13. The summed E-state index contributed by atoms with van der Waals surface area (Å²) < 4.78 is 11.0. The molecule has 0 heterocycles.